The van der Waals surface area contributed by atoms with Gasteiger partial charge in [0.2, 0.25) is 5.95 Å². The van der Waals surface area contributed by atoms with Crippen LogP contribution in [0.3, 0.4) is 0 Å². The third-order valence-electron chi connectivity index (χ3n) is 1.98. The van der Waals surface area contributed by atoms with Gasteiger partial charge in [0.1, 0.15) is 0 Å². The van der Waals surface area contributed by atoms with Crippen molar-refractivity contribution in [2.24, 2.45) is 0 Å². The molecule has 0 aliphatic rings. The van der Waals surface area contributed by atoms with E-state index in [0.717, 1.165) is 0 Å². The molecule has 10 nitrogen and oxygen atoms in total. The predicted molar refractivity (Wildman–Crippen MR) is 85.0 cm³/mol. The quantitative estimate of drug-likeness (QED) is 0.316. The van der Waals surface area contributed by atoms with E-state index in [1.54, 1.807) is 6.07 Å². The van der Waals surface area contributed by atoms with Gasteiger partial charge in [0.05, 0.1) is 4.90 Å². The maximum absolute atomic E-state index is 11.9. The fraction of sp³-hybridized carbons (Fsp3) is 0. The molecular formula is C10H13N4NaO6S2. The Balaban J connectivity index is 0.000000709. The van der Waals surface area contributed by atoms with Crippen molar-refractivity contribution in [3.05, 3.63) is 42.7 Å². The molecule has 122 valence electrons. The van der Waals surface area contributed by atoms with Crippen molar-refractivity contribution in [2.45, 2.75) is 4.90 Å². The molecule has 1 aromatic carbocycles. The number of benzene rings is 1. The van der Waals surface area contributed by atoms with Gasteiger partial charge in [-0.1, -0.05) is 0 Å². The molecule has 0 bridgehead atoms. The SMILES string of the molecule is Nc1ccc(S(=O)(=O)Nc2ncccn2)cc1.O=S(=O)(O)O.[NaH]. The Kier molecular flexibility index (Phi) is 8.61. The van der Waals surface area contributed by atoms with Gasteiger partial charge in [0.15, 0.2) is 0 Å². The van der Waals surface area contributed by atoms with Crippen molar-refractivity contribution in [3.8, 4) is 0 Å². The molecule has 0 unspecified atom stereocenters. The number of nitrogens with zero attached hydrogens (tertiary/aromatic N) is 2. The van der Waals surface area contributed by atoms with Gasteiger partial charge < -0.3 is 5.73 Å². The van der Waals surface area contributed by atoms with Gasteiger partial charge in [-0.25, -0.2) is 23.1 Å². The average Bonchev–Trinajstić information content (AvgIpc) is 2.38. The van der Waals surface area contributed by atoms with Crippen molar-refractivity contribution >= 4 is 61.6 Å². The van der Waals surface area contributed by atoms with Crippen LogP contribution >= 0.6 is 0 Å². The van der Waals surface area contributed by atoms with Gasteiger partial charge in [-0.3, -0.25) is 9.11 Å². The van der Waals surface area contributed by atoms with Gasteiger partial charge in [0.25, 0.3) is 10.0 Å². The van der Waals surface area contributed by atoms with Gasteiger partial charge in [0, 0.05) is 18.1 Å². The van der Waals surface area contributed by atoms with Gasteiger partial charge in [-0.2, -0.15) is 8.42 Å². The summed E-state index contributed by atoms with van der Waals surface area (Å²) >= 11 is 0. The molecule has 5 N–H and O–H groups in total. The van der Waals surface area contributed by atoms with E-state index in [-0.39, 0.29) is 40.4 Å². The Morgan fingerprint density at radius 3 is 1.83 bits per heavy atom. The van der Waals surface area contributed by atoms with Crippen LogP contribution in [0.5, 0.6) is 0 Å². The minimum atomic E-state index is -4.67. The second-order valence-electron chi connectivity index (χ2n) is 3.69. The Hall–Kier alpha value is -1.28. The first-order chi connectivity index (χ1) is 10.1. The molecule has 0 aliphatic heterocycles. The molecule has 0 atom stereocenters. The van der Waals surface area contributed by atoms with Crippen LogP contribution in [-0.2, 0) is 20.4 Å². The summed E-state index contributed by atoms with van der Waals surface area (Å²) in [6, 6.07) is 7.46. The van der Waals surface area contributed by atoms with Crippen LogP contribution in [0.25, 0.3) is 0 Å². The summed E-state index contributed by atoms with van der Waals surface area (Å²) in [5, 5.41) is 0. The second kappa shape index (κ2) is 9.12. The summed E-state index contributed by atoms with van der Waals surface area (Å²) in [5.41, 5.74) is 5.98. The van der Waals surface area contributed by atoms with Crippen molar-refractivity contribution < 1.29 is 25.9 Å². The topological polar surface area (TPSA) is 173 Å². The van der Waals surface area contributed by atoms with E-state index >= 15 is 0 Å². The fourth-order valence-electron chi connectivity index (χ4n) is 1.18. The van der Waals surface area contributed by atoms with E-state index < -0.39 is 20.4 Å². The predicted octanol–water partition coefficient (Wildman–Crippen LogP) is -0.442. The van der Waals surface area contributed by atoms with E-state index in [1.165, 1.54) is 36.7 Å². The number of nitrogens with two attached hydrogens (primary N) is 1. The van der Waals surface area contributed by atoms with Gasteiger partial charge in [-0.05, 0) is 30.3 Å². The number of hydrogen-bond acceptors (Lipinski definition) is 7. The number of hydrogen-bond donors (Lipinski definition) is 4. The summed E-state index contributed by atoms with van der Waals surface area (Å²) < 4.78 is 57.6. The van der Waals surface area contributed by atoms with Crippen LogP contribution in [0.4, 0.5) is 11.6 Å². The van der Waals surface area contributed by atoms with Crippen molar-refractivity contribution in [3.63, 3.8) is 0 Å². The van der Waals surface area contributed by atoms with Crippen LogP contribution in [0, 0.1) is 0 Å². The molecule has 1 heterocycles. The molecule has 0 fully saturated rings. The fourth-order valence-corrected chi connectivity index (χ4v) is 2.14. The Labute approximate surface area is 155 Å². The van der Waals surface area contributed by atoms with Crippen LogP contribution in [0.15, 0.2) is 47.6 Å². The first kappa shape index (κ1) is 21.7. The number of aromatic nitrogens is 2. The molecule has 0 spiro atoms. The standard InChI is InChI=1S/C10H10N4O2S.Na.H2O4S.H/c11-8-2-4-9(5-3-8)17(15,16)14-10-12-6-1-7-13-10;;1-5(2,3)4;/h1-7H,11H2,(H,12,13,14);;(H2,1,2,3,4);. The normalized spacial score (nSPS) is 10.7. The number of sulfonamides is 1. The van der Waals surface area contributed by atoms with Gasteiger partial charge in [-0.15, -0.1) is 0 Å². The summed E-state index contributed by atoms with van der Waals surface area (Å²) in [4.78, 5) is 7.67. The van der Waals surface area contributed by atoms with Crippen LogP contribution in [0.1, 0.15) is 0 Å². The molecule has 23 heavy (non-hydrogen) atoms. The third kappa shape index (κ3) is 9.45. The van der Waals surface area contributed by atoms with Crippen molar-refractivity contribution in [1.29, 1.82) is 0 Å². The molecule has 0 saturated heterocycles. The molecule has 13 heteroatoms. The minimum absolute atomic E-state index is 0. The summed E-state index contributed by atoms with van der Waals surface area (Å²) in [5.74, 6) is 0.0318. The summed E-state index contributed by atoms with van der Waals surface area (Å²) in [6.07, 6.45) is 2.90. The first-order valence-corrected chi connectivity index (χ1v) is 8.31. The van der Waals surface area contributed by atoms with E-state index in [9.17, 15) is 8.42 Å². The Bertz CT molecular complexity index is 804. The van der Waals surface area contributed by atoms with Crippen LogP contribution in [-0.4, -0.2) is 65.5 Å². The zero-order valence-corrected chi connectivity index (χ0v) is 12.5. The van der Waals surface area contributed by atoms with Crippen molar-refractivity contribution in [2.75, 3.05) is 10.5 Å². The number of anilines is 2. The van der Waals surface area contributed by atoms with Crippen molar-refractivity contribution in [1.82, 2.24) is 9.97 Å². The monoisotopic (exact) mass is 372 g/mol. The van der Waals surface area contributed by atoms with E-state index in [1.807, 2.05) is 0 Å². The third-order valence-corrected chi connectivity index (χ3v) is 3.33. The summed E-state index contributed by atoms with van der Waals surface area (Å²) in [7, 11) is -8.33. The van der Waals surface area contributed by atoms with Crippen LogP contribution < -0.4 is 10.5 Å². The Morgan fingerprint density at radius 2 is 1.39 bits per heavy atom. The number of rotatable bonds is 3. The molecule has 0 radical (unpaired) electrons. The van der Waals surface area contributed by atoms with Crippen LogP contribution in [0.2, 0.25) is 0 Å². The molecule has 2 aromatic rings. The number of nitrogen functional groups attached to an aromatic ring is 1. The molecule has 0 amide bonds. The molecule has 2 rings (SSSR count). The van der Waals surface area contributed by atoms with E-state index in [2.05, 4.69) is 14.7 Å². The number of nitrogens with one attached hydrogen (secondary N) is 1. The maximum atomic E-state index is 11.9. The zero-order valence-electron chi connectivity index (χ0n) is 10.9. The average molecular weight is 372 g/mol. The van der Waals surface area contributed by atoms with E-state index in [4.69, 9.17) is 23.3 Å². The first-order valence-electron chi connectivity index (χ1n) is 5.43. The van der Waals surface area contributed by atoms with E-state index in [0.29, 0.717) is 5.69 Å². The molecular weight excluding hydrogens is 359 g/mol. The molecule has 0 aliphatic carbocycles. The molecule has 0 saturated carbocycles. The summed E-state index contributed by atoms with van der Waals surface area (Å²) in [6.45, 7) is 0. The zero-order chi connectivity index (χ0) is 16.8. The Morgan fingerprint density at radius 1 is 0.957 bits per heavy atom. The van der Waals surface area contributed by atoms with Gasteiger partial charge >= 0.3 is 40.0 Å². The molecule has 1 aromatic heterocycles. The second-order valence-corrected chi connectivity index (χ2v) is 6.27.